The van der Waals surface area contributed by atoms with Gasteiger partial charge in [0.25, 0.3) is 0 Å². The van der Waals surface area contributed by atoms with E-state index in [2.05, 4.69) is 79.8 Å². The highest BCUT2D eigenvalue weighted by Crippen LogP contribution is 2.20. The van der Waals surface area contributed by atoms with Crippen molar-refractivity contribution >= 4 is 11.9 Å². The maximum atomic E-state index is 11.4. The van der Waals surface area contributed by atoms with E-state index in [9.17, 15) is 4.79 Å². The van der Waals surface area contributed by atoms with Crippen LogP contribution < -0.4 is 10.6 Å². The highest BCUT2D eigenvalue weighted by atomic mass is 16.5. The Labute approximate surface area is 183 Å². The van der Waals surface area contributed by atoms with Gasteiger partial charge in [0.2, 0.25) is 0 Å². The molecule has 1 aliphatic rings. The Morgan fingerprint density at radius 2 is 2.13 bits per heavy atom. The second-order valence-corrected chi connectivity index (χ2v) is 7.85. The molecule has 0 radical (unpaired) electrons. The molecule has 2 unspecified atom stereocenters. The van der Waals surface area contributed by atoms with Gasteiger partial charge < -0.3 is 15.4 Å². The van der Waals surface area contributed by atoms with Crippen molar-refractivity contribution in [2.45, 2.75) is 58.4 Å². The molecule has 0 spiro atoms. The van der Waals surface area contributed by atoms with E-state index in [1.165, 1.54) is 17.4 Å². The minimum atomic E-state index is -0.359. The van der Waals surface area contributed by atoms with Crippen molar-refractivity contribution in [2.24, 2.45) is 4.99 Å². The molecule has 1 fully saturated rings. The molecule has 3 rings (SSSR count). The summed E-state index contributed by atoms with van der Waals surface area (Å²) in [5.74, 6) is 0.418. The number of nitrogens with one attached hydrogen (secondary N) is 2. The molecule has 2 heterocycles. The van der Waals surface area contributed by atoms with Crippen LogP contribution in [0.4, 0.5) is 0 Å². The maximum Gasteiger partial charge on any atom is 0.327 e. The largest absolute Gasteiger partial charge is 0.468 e. The summed E-state index contributed by atoms with van der Waals surface area (Å²) < 4.78 is 6.11. The summed E-state index contributed by atoms with van der Waals surface area (Å²) in [6.07, 6.45) is 3.84. The van der Waals surface area contributed by atoms with E-state index < -0.39 is 0 Å². The SMILES string of the molecule is CCNC(=NCc1cn(CC(=O)OC)nn1)NC1CCN(Cc2ccccc2)C(C)C1. The molecule has 0 saturated carbocycles. The lowest BCUT2D eigenvalue weighted by molar-refractivity contribution is -0.141. The minimum absolute atomic E-state index is 0.0466. The Hall–Kier alpha value is -2.94. The summed E-state index contributed by atoms with van der Waals surface area (Å²) in [5, 5.41) is 14.9. The number of hydrogen-bond donors (Lipinski definition) is 2. The van der Waals surface area contributed by atoms with Crippen molar-refractivity contribution in [3.05, 3.63) is 47.8 Å². The van der Waals surface area contributed by atoms with Crippen molar-refractivity contribution in [1.82, 2.24) is 30.5 Å². The highest BCUT2D eigenvalue weighted by molar-refractivity contribution is 5.80. The first kappa shape index (κ1) is 22.7. The van der Waals surface area contributed by atoms with Gasteiger partial charge in [0, 0.05) is 31.7 Å². The van der Waals surface area contributed by atoms with Crippen molar-refractivity contribution < 1.29 is 9.53 Å². The number of nitrogens with zero attached hydrogens (tertiary/aromatic N) is 5. The second-order valence-electron chi connectivity index (χ2n) is 7.85. The van der Waals surface area contributed by atoms with Crippen molar-refractivity contribution in [1.29, 1.82) is 0 Å². The number of benzene rings is 1. The van der Waals surface area contributed by atoms with Gasteiger partial charge in [-0.2, -0.15) is 0 Å². The van der Waals surface area contributed by atoms with E-state index in [-0.39, 0.29) is 12.5 Å². The minimum Gasteiger partial charge on any atom is -0.468 e. The van der Waals surface area contributed by atoms with Gasteiger partial charge in [0.15, 0.2) is 5.96 Å². The van der Waals surface area contributed by atoms with Crippen LogP contribution in [0, 0.1) is 0 Å². The maximum absolute atomic E-state index is 11.4. The standard InChI is InChI=1S/C22H33N7O2/c1-4-23-22(24-13-20-15-29(27-26-20)16-21(30)31-3)25-19-10-11-28(17(2)12-19)14-18-8-6-5-7-9-18/h5-9,15,17,19H,4,10-14,16H2,1-3H3,(H2,23,24,25). The number of guanidine groups is 1. The first-order valence-corrected chi connectivity index (χ1v) is 10.9. The van der Waals surface area contributed by atoms with E-state index in [0.29, 0.717) is 24.3 Å². The van der Waals surface area contributed by atoms with E-state index in [4.69, 9.17) is 0 Å². The number of aromatic nitrogens is 3. The van der Waals surface area contributed by atoms with Crippen LogP contribution >= 0.6 is 0 Å². The zero-order chi connectivity index (χ0) is 22.1. The predicted molar refractivity (Wildman–Crippen MR) is 119 cm³/mol. The molecule has 0 amide bonds. The van der Waals surface area contributed by atoms with Crippen LogP contribution in [-0.4, -0.2) is 64.1 Å². The Balaban J connectivity index is 1.52. The molecule has 0 bridgehead atoms. The van der Waals surface area contributed by atoms with Gasteiger partial charge in [0.05, 0.1) is 19.9 Å². The molecule has 9 heteroatoms. The van der Waals surface area contributed by atoms with E-state index in [1.807, 2.05) is 0 Å². The first-order valence-electron chi connectivity index (χ1n) is 10.9. The van der Waals surface area contributed by atoms with E-state index in [1.54, 1.807) is 6.20 Å². The fraction of sp³-hybridized carbons (Fsp3) is 0.545. The molecule has 1 aromatic carbocycles. The number of aliphatic imine (C=N–C) groups is 1. The Kier molecular flexibility index (Phi) is 8.40. The zero-order valence-electron chi connectivity index (χ0n) is 18.6. The number of carbonyl (C=O) groups excluding carboxylic acids is 1. The van der Waals surface area contributed by atoms with Crippen LogP contribution in [0.2, 0.25) is 0 Å². The number of ether oxygens (including phenoxy) is 1. The average molecular weight is 428 g/mol. The molecule has 9 nitrogen and oxygen atoms in total. The summed E-state index contributed by atoms with van der Waals surface area (Å²) in [7, 11) is 1.35. The molecule has 2 N–H and O–H groups in total. The monoisotopic (exact) mass is 427 g/mol. The number of esters is 1. The van der Waals surface area contributed by atoms with E-state index in [0.717, 1.165) is 38.4 Å². The van der Waals surface area contributed by atoms with Crippen LogP contribution in [0.1, 0.15) is 37.9 Å². The quantitative estimate of drug-likeness (QED) is 0.375. The molecule has 2 atom stereocenters. The molecule has 2 aromatic rings. The van der Waals surface area contributed by atoms with Crippen molar-refractivity contribution in [2.75, 3.05) is 20.2 Å². The average Bonchev–Trinajstić information content (AvgIpc) is 3.22. The fourth-order valence-corrected chi connectivity index (χ4v) is 3.76. The number of methoxy groups -OCH3 is 1. The number of likely N-dealkylation sites (tertiary alicyclic amines) is 1. The third-order valence-electron chi connectivity index (χ3n) is 5.43. The van der Waals surface area contributed by atoms with Crippen LogP contribution in [0.15, 0.2) is 41.5 Å². The molecule has 1 aliphatic heterocycles. The molecular formula is C22H33N7O2. The molecule has 31 heavy (non-hydrogen) atoms. The van der Waals surface area contributed by atoms with Gasteiger partial charge in [-0.1, -0.05) is 35.5 Å². The van der Waals surface area contributed by atoms with Crippen LogP contribution in [0.25, 0.3) is 0 Å². The third kappa shape index (κ3) is 7.06. The lowest BCUT2D eigenvalue weighted by Crippen LogP contribution is -2.51. The summed E-state index contributed by atoms with van der Waals surface area (Å²) >= 11 is 0. The molecular weight excluding hydrogens is 394 g/mol. The lowest BCUT2D eigenvalue weighted by Gasteiger charge is -2.38. The number of hydrogen-bond acceptors (Lipinski definition) is 6. The lowest BCUT2D eigenvalue weighted by atomic mass is 9.97. The van der Waals surface area contributed by atoms with Crippen LogP contribution in [0.5, 0.6) is 0 Å². The number of carbonyl (C=O) groups is 1. The van der Waals surface area contributed by atoms with Crippen molar-refractivity contribution in [3.8, 4) is 0 Å². The number of rotatable bonds is 8. The molecule has 0 aliphatic carbocycles. The van der Waals surface area contributed by atoms with Crippen LogP contribution in [0.3, 0.4) is 0 Å². The third-order valence-corrected chi connectivity index (χ3v) is 5.43. The van der Waals surface area contributed by atoms with Gasteiger partial charge in [-0.15, -0.1) is 5.10 Å². The number of piperidine rings is 1. The van der Waals surface area contributed by atoms with Gasteiger partial charge >= 0.3 is 5.97 Å². The van der Waals surface area contributed by atoms with Gasteiger partial charge in [-0.05, 0) is 32.3 Å². The summed E-state index contributed by atoms with van der Waals surface area (Å²) in [6, 6.07) is 11.5. The summed E-state index contributed by atoms with van der Waals surface area (Å²) in [6.45, 7) is 7.60. The van der Waals surface area contributed by atoms with Gasteiger partial charge in [-0.3, -0.25) is 9.69 Å². The Bertz CT molecular complexity index is 853. The van der Waals surface area contributed by atoms with Gasteiger partial charge in [-0.25, -0.2) is 9.67 Å². The van der Waals surface area contributed by atoms with E-state index >= 15 is 0 Å². The molecule has 1 saturated heterocycles. The molecule has 168 valence electrons. The summed E-state index contributed by atoms with van der Waals surface area (Å²) in [4.78, 5) is 18.5. The highest BCUT2D eigenvalue weighted by Gasteiger charge is 2.26. The Morgan fingerprint density at radius 3 is 2.84 bits per heavy atom. The molecule has 1 aromatic heterocycles. The topological polar surface area (TPSA) is 96.7 Å². The van der Waals surface area contributed by atoms with Crippen LogP contribution in [-0.2, 0) is 29.2 Å². The normalized spacial score (nSPS) is 19.8. The van der Waals surface area contributed by atoms with Gasteiger partial charge in [0.1, 0.15) is 12.2 Å². The fourth-order valence-electron chi connectivity index (χ4n) is 3.76. The predicted octanol–water partition coefficient (Wildman–Crippen LogP) is 1.56. The summed E-state index contributed by atoms with van der Waals surface area (Å²) in [5.41, 5.74) is 2.06. The second kappa shape index (κ2) is 11.5. The zero-order valence-corrected chi connectivity index (χ0v) is 18.6. The first-order chi connectivity index (χ1) is 15.1. The Morgan fingerprint density at radius 1 is 1.32 bits per heavy atom. The smallest absolute Gasteiger partial charge is 0.327 e. The van der Waals surface area contributed by atoms with Crippen molar-refractivity contribution in [3.63, 3.8) is 0 Å².